The van der Waals surface area contributed by atoms with Crippen LogP contribution in [0.25, 0.3) is 10.9 Å². The lowest BCUT2D eigenvalue weighted by Gasteiger charge is -2.23. The molecule has 18 heavy (non-hydrogen) atoms. The molecule has 1 saturated heterocycles. The van der Waals surface area contributed by atoms with Gasteiger partial charge in [0.25, 0.3) is 0 Å². The fourth-order valence-electron chi connectivity index (χ4n) is 2.15. The number of nitrogens with one attached hydrogen (secondary N) is 3. The predicted octanol–water partition coefficient (Wildman–Crippen LogP) is 1.09. The van der Waals surface area contributed by atoms with Crippen LogP contribution in [0.4, 0.5) is 5.69 Å². The largest absolute Gasteiger partial charge is 0.378 e. The number of hydrogen-bond donors (Lipinski definition) is 3. The van der Waals surface area contributed by atoms with Crippen LogP contribution in [0, 0.1) is 0 Å². The molecule has 1 aromatic heterocycles. The zero-order valence-corrected chi connectivity index (χ0v) is 9.90. The van der Waals surface area contributed by atoms with Crippen molar-refractivity contribution in [2.75, 3.05) is 25.1 Å². The smallest absolute Gasteiger partial charge is 0.243 e. The summed E-state index contributed by atoms with van der Waals surface area (Å²) in [6, 6.07) is 7.48. The molecule has 0 aliphatic carbocycles. The molecule has 1 amide bonds. The first-order chi connectivity index (χ1) is 8.84. The number of aromatic nitrogens is 1. The van der Waals surface area contributed by atoms with E-state index in [-0.39, 0.29) is 11.9 Å². The molecule has 1 aliphatic rings. The van der Waals surface area contributed by atoms with E-state index >= 15 is 0 Å². The second-order valence-corrected chi connectivity index (χ2v) is 4.32. The van der Waals surface area contributed by atoms with Gasteiger partial charge < -0.3 is 20.4 Å². The Bertz CT molecular complexity index is 558. The zero-order chi connectivity index (χ0) is 12.4. The molecule has 5 heteroatoms. The van der Waals surface area contributed by atoms with Crippen molar-refractivity contribution >= 4 is 22.5 Å². The number of benzene rings is 1. The fourth-order valence-corrected chi connectivity index (χ4v) is 2.15. The number of ether oxygens (including phenoxy) is 1. The molecule has 1 aromatic carbocycles. The molecule has 0 spiro atoms. The molecule has 2 heterocycles. The van der Waals surface area contributed by atoms with Gasteiger partial charge in [-0.3, -0.25) is 4.79 Å². The summed E-state index contributed by atoms with van der Waals surface area (Å²) in [5.74, 6) is -0.0524. The summed E-state index contributed by atoms with van der Waals surface area (Å²) in [5.41, 5.74) is 1.84. The maximum absolute atomic E-state index is 12.1. The van der Waals surface area contributed by atoms with Gasteiger partial charge in [-0.05, 0) is 18.2 Å². The number of H-pyrrole nitrogens is 1. The Morgan fingerprint density at radius 1 is 1.39 bits per heavy atom. The number of carbonyl (C=O) groups is 1. The summed E-state index contributed by atoms with van der Waals surface area (Å²) in [7, 11) is 0. The van der Waals surface area contributed by atoms with Crippen LogP contribution in [0.1, 0.15) is 0 Å². The van der Waals surface area contributed by atoms with Crippen molar-refractivity contribution in [3.63, 3.8) is 0 Å². The van der Waals surface area contributed by atoms with Crippen LogP contribution in [0.2, 0.25) is 0 Å². The van der Waals surface area contributed by atoms with E-state index in [4.69, 9.17) is 4.74 Å². The fraction of sp³-hybridized carbons (Fsp3) is 0.308. The quantitative estimate of drug-likeness (QED) is 0.742. The number of rotatable bonds is 2. The lowest BCUT2D eigenvalue weighted by atomic mass is 10.2. The third-order valence-corrected chi connectivity index (χ3v) is 3.09. The molecule has 0 saturated carbocycles. The monoisotopic (exact) mass is 245 g/mol. The van der Waals surface area contributed by atoms with E-state index in [9.17, 15) is 4.79 Å². The maximum Gasteiger partial charge on any atom is 0.243 e. The Labute approximate surface area is 105 Å². The van der Waals surface area contributed by atoms with E-state index in [1.807, 2.05) is 30.5 Å². The van der Waals surface area contributed by atoms with E-state index in [1.54, 1.807) is 0 Å². The van der Waals surface area contributed by atoms with Crippen molar-refractivity contribution in [1.29, 1.82) is 0 Å². The van der Waals surface area contributed by atoms with Gasteiger partial charge in [-0.2, -0.15) is 0 Å². The number of aromatic amines is 1. The molecule has 5 nitrogen and oxygen atoms in total. The third kappa shape index (κ3) is 2.10. The van der Waals surface area contributed by atoms with Crippen LogP contribution in [-0.2, 0) is 9.53 Å². The molecule has 1 fully saturated rings. The van der Waals surface area contributed by atoms with Crippen LogP contribution < -0.4 is 10.6 Å². The van der Waals surface area contributed by atoms with Crippen molar-refractivity contribution in [2.45, 2.75) is 6.04 Å². The molecular weight excluding hydrogens is 230 g/mol. The van der Waals surface area contributed by atoms with Crippen molar-refractivity contribution in [3.8, 4) is 0 Å². The number of amides is 1. The molecule has 0 radical (unpaired) electrons. The van der Waals surface area contributed by atoms with Gasteiger partial charge >= 0.3 is 0 Å². The van der Waals surface area contributed by atoms with Gasteiger partial charge in [0.05, 0.1) is 18.9 Å². The van der Waals surface area contributed by atoms with E-state index in [1.165, 1.54) is 0 Å². The number of fused-ring (bicyclic) bond motifs is 1. The van der Waals surface area contributed by atoms with Gasteiger partial charge in [-0.25, -0.2) is 0 Å². The summed E-state index contributed by atoms with van der Waals surface area (Å²) >= 11 is 0. The summed E-state index contributed by atoms with van der Waals surface area (Å²) in [6.45, 7) is 1.80. The molecule has 2 aromatic rings. The van der Waals surface area contributed by atoms with E-state index in [2.05, 4.69) is 15.6 Å². The van der Waals surface area contributed by atoms with Crippen molar-refractivity contribution in [3.05, 3.63) is 30.5 Å². The molecular formula is C13H15N3O2. The summed E-state index contributed by atoms with van der Waals surface area (Å²) < 4.78 is 5.28. The molecule has 1 unspecified atom stereocenters. The van der Waals surface area contributed by atoms with Crippen LogP contribution >= 0.6 is 0 Å². The normalized spacial score (nSPS) is 19.9. The highest BCUT2D eigenvalue weighted by Crippen LogP contribution is 2.22. The first-order valence-electron chi connectivity index (χ1n) is 6.03. The number of carbonyl (C=O) groups excluding carboxylic acids is 1. The number of morpholine rings is 1. The Hall–Kier alpha value is -1.85. The van der Waals surface area contributed by atoms with Gasteiger partial charge in [0.15, 0.2) is 0 Å². The number of anilines is 1. The lowest BCUT2D eigenvalue weighted by molar-refractivity contribution is -0.120. The highest BCUT2D eigenvalue weighted by Gasteiger charge is 2.21. The molecule has 1 atom stereocenters. The third-order valence-electron chi connectivity index (χ3n) is 3.09. The lowest BCUT2D eigenvalue weighted by Crippen LogP contribution is -2.48. The molecule has 94 valence electrons. The van der Waals surface area contributed by atoms with Crippen LogP contribution in [0.5, 0.6) is 0 Å². The van der Waals surface area contributed by atoms with Crippen LogP contribution in [-0.4, -0.2) is 36.7 Å². The maximum atomic E-state index is 12.1. The van der Waals surface area contributed by atoms with Crippen molar-refractivity contribution in [2.24, 2.45) is 0 Å². The van der Waals surface area contributed by atoms with E-state index in [0.717, 1.165) is 16.6 Å². The van der Waals surface area contributed by atoms with E-state index < -0.39 is 0 Å². The van der Waals surface area contributed by atoms with Crippen LogP contribution in [0.15, 0.2) is 30.5 Å². The van der Waals surface area contributed by atoms with Crippen molar-refractivity contribution in [1.82, 2.24) is 10.3 Å². The first-order valence-corrected chi connectivity index (χ1v) is 6.03. The summed E-state index contributed by atoms with van der Waals surface area (Å²) in [5, 5.41) is 7.09. The van der Waals surface area contributed by atoms with Gasteiger partial charge in [0.2, 0.25) is 5.91 Å². The molecule has 0 bridgehead atoms. The molecule has 3 rings (SSSR count). The second-order valence-electron chi connectivity index (χ2n) is 4.32. The van der Waals surface area contributed by atoms with E-state index in [0.29, 0.717) is 19.8 Å². The Morgan fingerprint density at radius 2 is 2.33 bits per heavy atom. The Morgan fingerprint density at radius 3 is 3.17 bits per heavy atom. The summed E-state index contributed by atoms with van der Waals surface area (Å²) in [6.07, 6.45) is 1.86. The minimum Gasteiger partial charge on any atom is -0.378 e. The van der Waals surface area contributed by atoms with Gasteiger partial charge in [0, 0.05) is 23.6 Å². The zero-order valence-electron chi connectivity index (χ0n) is 9.90. The highest BCUT2D eigenvalue weighted by molar-refractivity contribution is 6.03. The first kappa shape index (κ1) is 11.3. The summed E-state index contributed by atoms with van der Waals surface area (Å²) in [4.78, 5) is 15.2. The van der Waals surface area contributed by atoms with Crippen molar-refractivity contribution < 1.29 is 9.53 Å². The Kier molecular flexibility index (Phi) is 3.00. The minimum atomic E-state index is -0.270. The standard InChI is InChI=1S/C13H15N3O2/c17-13(12-8-18-7-6-15-12)16-11-3-1-2-10-9(11)4-5-14-10/h1-5,12,14-15H,6-8H2,(H,16,17). The second kappa shape index (κ2) is 4.80. The van der Waals surface area contributed by atoms with Gasteiger partial charge in [-0.1, -0.05) is 6.07 Å². The molecule has 1 aliphatic heterocycles. The SMILES string of the molecule is O=C(Nc1cccc2[nH]ccc12)C1COCCN1. The highest BCUT2D eigenvalue weighted by atomic mass is 16.5. The topological polar surface area (TPSA) is 66.2 Å². The van der Waals surface area contributed by atoms with Gasteiger partial charge in [-0.15, -0.1) is 0 Å². The Balaban J connectivity index is 1.79. The van der Waals surface area contributed by atoms with Gasteiger partial charge in [0.1, 0.15) is 6.04 Å². The van der Waals surface area contributed by atoms with Crippen LogP contribution in [0.3, 0.4) is 0 Å². The predicted molar refractivity (Wildman–Crippen MR) is 69.5 cm³/mol. The molecule has 3 N–H and O–H groups in total. The average Bonchev–Trinajstić information content (AvgIpc) is 2.89. The average molecular weight is 245 g/mol. The minimum absolute atomic E-state index is 0.0524. The number of hydrogen-bond acceptors (Lipinski definition) is 3.